The van der Waals surface area contributed by atoms with Crippen molar-refractivity contribution in [1.82, 2.24) is 0 Å². The fourth-order valence-electron chi connectivity index (χ4n) is 10.1. The third-order valence-corrected chi connectivity index (χ3v) is 17.6. The molecule has 0 radical (unpaired) electrons. The molecule has 17 nitrogen and oxygen atoms in total. The van der Waals surface area contributed by atoms with Crippen LogP contribution in [0.5, 0.6) is 0 Å². The molecular formula is C70H132O17P2. The minimum Gasteiger partial charge on any atom is -0.462 e. The van der Waals surface area contributed by atoms with Gasteiger partial charge in [0.05, 0.1) is 26.4 Å². The second-order valence-electron chi connectivity index (χ2n) is 25.1. The van der Waals surface area contributed by atoms with Gasteiger partial charge in [-0.15, -0.1) is 0 Å². The molecule has 0 saturated heterocycles. The summed E-state index contributed by atoms with van der Waals surface area (Å²) in [7, 11) is -9.91. The number of phosphoric acid groups is 2. The standard InChI is InChI=1S/C70H132O17P2/c1-6-9-12-15-18-20-22-24-26-28-30-35-40-45-50-55-69(74)87-66(60-81-68(73)54-49-44-39-34-29-27-25-23-21-19-16-13-10-7-2)62-85-89(78,79)83-58-64(71)57-82-88(76,77)84-61-65(59-80-67(72)53-48-43-37-17-14-11-8-3)86-70(75)56-51-46-41-36-32-31-33-38-42-47-52-63(4)5/h20,22,24,26,63-66,71H,6-19,21,23,25,27-62H2,1-5H3,(H,76,77)(H,78,79)/b22-20-,26-24-/t64-,65+,66+/m0/s1. The maximum Gasteiger partial charge on any atom is 0.472 e. The molecule has 0 bridgehead atoms. The minimum absolute atomic E-state index is 0.0855. The Balaban J connectivity index is 5.25. The molecule has 19 heteroatoms. The first-order valence-corrected chi connectivity index (χ1v) is 38.9. The summed E-state index contributed by atoms with van der Waals surface area (Å²) in [4.78, 5) is 72.4. The predicted molar refractivity (Wildman–Crippen MR) is 358 cm³/mol. The number of esters is 4. The Hall–Kier alpha value is -2.46. The van der Waals surface area contributed by atoms with Crippen molar-refractivity contribution in [3.8, 4) is 0 Å². The number of phosphoric ester groups is 2. The molecule has 0 fully saturated rings. The van der Waals surface area contributed by atoms with Crippen LogP contribution in [0.25, 0.3) is 0 Å². The number of hydrogen-bond acceptors (Lipinski definition) is 15. The quantitative estimate of drug-likeness (QED) is 0.0169. The SMILES string of the molecule is CCCCCC/C=C\C=C/CCCCCCCC(=O)O[C@H](COC(=O)CCCCCCCCCCCCCCCC)COP(=O)(O)OC[C@@H](O)COP(=O)(O)OC[C@@H](COC(=O)CCCCCCCCC)OC(=O)CCCCCCCCCCCCC(C)C. The van der Waals surface area contributed by atoms with Gasteiger partial charge in [0.2, 0.25) is 0 Å². The molecule has 2 unspecified atom stereocenters. The Kier molecular flexibility index (Phi) is 61.2. The molecule has 0 aliphatic carbocycles. The first kappa shape index (κ1) is 86.5. The van der Waals surface area contributed by atoms with E-state index >= 15 is 0 Å². The van der Waals surface area contributed by atoms with E-state index in [2.05, 4.69) is 58.9 Å². The van der Waals surface area contributed by atoms with Gasteiger partial charge in [0.1, 0.15) is 19.3 Å². The molecule has 0 amide bonds. The molecule has 0 aliphatic rings. The van der Waals surface area contributed by atoms with Crippen LogP contribution < -0.4 is 0 Å². The molecule has 0 heterocycles. The molecule has 0 aliphatic heterocycles. The lowest BCUT2D eigenvalue weighted by Crippen LogP contribution is -2.30. The van der Waals surface area contributed by atoms with Crippen molar-refractivity contribution in [3.05, 3.63) is 24.3 Å². The Labute approximate surface area is 542 Å². The molecular weight excluding hydrogens is 1170 g/mol. The summed E-state index contributed by atoms with van der Waals surface area (Å²) in [5.41, 5.74) is 0. The minimum atomic E-state index is -4.96. The molecule has 89 heavy (non-hydrogen) atoms. The third-order valence-electron chi connectivity index (χ3n) is 15.7. The van der Waals surface area contributed by atoms with Gasteiger partial charge >= 0.3 is 39.5 Å². The van der Waals surface area contributed by atoms with E-state index < -0.39 is 97.5 Å². The zero-order valence-corrected chi connectivity index (χ0v) is 58.8. The lowest BCUT2D eigenvalue weighted by molar-refractivity contribution is -0.161. The van der Waals surface area contributed by atoms with Crippen molar-refractivity contribution < 1.29 is 80.2 Å². The monoisotopic (exact) mass is 1310 g/mol. The van der Waals surface area contributed by atoms with Crippen molar-refractivity contribution in [3.63, 3.8) is 0 Å². The zero-order chi connectivity index (χ0) is 65.6. The number of aliphatic hydroxyl groups is 1. The molecule has 0 saturated carbocycles. The fourth-order valence-corrected chi connectivity index (χ4v) is 11.7. The maximum absolute atomic E-state index is 13.0. The zero-order valence-electron chi connectivity index (χ0n) is 57.0. The first-order chi connectivity index (χ1) is 43.0. The second kappa shape index (κ2) is 63.0. The highest BCUT2D eigenvalue weighted by atomic mass is 31.2. The van der Waals surface area contributed by atoms with Crippen LogP contribution in [0.1, 0.15) is 336 Å². The van der Waals surface area contributed by atoms with Gasteiger partial charge in [-0.3, -0.25) is 37.3 Å². The predicted octanol–water partition coefficient (Wildman–Crippen LogP) is 19.7. The van der Waals surface area contributed by atoms with E-state index in [1.54, 1.807) is 0 Å². The molecule has 0 rings (SSSR count). The highest BCUT2D eigenvalue weighted by Gasteiger charge is 2.30. The summed E-state index contributed by atoms with van der Waals surface area (Å²) < 4.78 is 68.1. The van der Waals surface area contributed by atoms with E-state index in [0.717, 1.165) is 121 Å². The summed E-state index contributed by atoms with van der Waals surface area (Å²) in [6.07, 6.45) is 52.2. The molecule has 3 N–H and O–H groups in total. The van der Waals surface area contributed by atoms with Crippen LogP contribution in [-0.4, -0.2) is 96.7 Å². The highest BCUT2D eigenvalue weighted by molar-refractivity contribution is 7.47. The Bertz CT molecular complexity index is 1810. The van der Waals surface area contributed by atoms with Crippen molar-refractivity contribution in [1.29, 1.82) is 0 Å². The molecule has 0 spiro atoms. The van der Waals surface area contributed by atoms with Crippen LogP contribution in [-0.2, 0) is 65.4 Å². The molecule has 524 valence electrons. The van der Waals surface area contributed by atoms with Crippen molar-refractivity contribution in [2.24, 2.45) is 5.92 Å². The largest absolute Gasteiger partial charge is 0.472 e. The van der Waals surface area contributed by atoms with E-state index in [9.17, 15) is 43.2 Å². The third kappa shape index (κ3) is 64.1. The average molecular weight is 1310 g/mol. The van der Waals surface area contributed by atoms with Crippen molar-refractivity contribution in [2.45, 2.75) is 355 Å². The number of unbranched alkanes of at least 4 members (excludes halogenated alkanes) is 37. The number of carbonyl (C=O) groups is 4. The summed E-state index contributed by atoms with van der Waals surface area (Å²) in [5.74, 6) is -1.41. The Morgan fingerprint density at radius 2 is 0.607 bits per heavy atom. The maximum atomic E-state index is 13.0. The number of ether oxygens (including phenoxy) is 4. The second-order valence-corrected chi connectivity index (χ2v) is 28.0. The summed E-state index contributed by atoms with van der Waals surface area (Å²) >= 11 is 0. The molecule has 0 aromatic rings. The summed E-state index contributed by atoms with van der Waals surface area (Å²) in [6.45, 7) is 7.13. The van der Waals surface area contributed by atoms with Crippen LogP contribution in [0, 0.1) is 5.92 Å². The topological polar surface area (TPSA) is 237 Å². The van der Waals surface area contributed by atoms with Gasteiger partial charge in [0, 0.05) is 25.7 Å². The van der Waals surface area contributed by atoms with Crippen LogP contribution in [0.15, 0.2) is 24.3 Å². The number of allylic oxidation sites excluding steroid dienone is 4. The van der Waals surface area contributed by atoms with Gasteiger partial charge in [-0.05, 0) is 57.3 Å². The number of carbonyl (C=O) groups excluding carboxylic acids is 4. The van der Waals surface area contributed by atoms with Gasteiger partial charge in [-0.1, -0.05) is 284 Å². The lowest BCUT2D eigenvalue weighted by Gasteiger charge is -2.21. The van der Waals surface area contributed by atoms with Gasteiger partial charge in [-0.25, -0.2) is 9.13 Å². The number of rotatable bonds is 68. The Morgan fingerprint density at radius 1 is 0.348 bits per heavy atom. The molecule has 0 aromatic carbocycles. The van der Waals surface area contributed by atoms with E-state index in [4.69, 9.17) is 37.0 Å². The number of hydrogen-bond donors (Lipinski definition) is 3. The fraction of sp³-hybridized carbons (Fsp3) is 0.886. The van der Waals surface area contributed by atoms with E-state index in [-0.39, 0.29) is 25.7 Å². The summed E-state index contributed by atoms with van der Waals surface area (Å²) in [5, 5.41) is 10.6. The van der Waals surface area contributed by atoms with Crippen molar-refractivity contribution in [2.75, 3.05) is 39.6 Å². The van der Waals surface area contributed by atoms with Gasteiger partial charge in [0.25, 0.3) is 0 Å². The Morgan fingerprint density at radius 3 is 0.921 bits per heavy atom. The van der Waals surface area contributed by atoms with Gasteiger partial charge in [-0.2, -0.15) is 0 Å². The smallest absolute Gasteiger partial charge is 0.462 e. The van der Waals surface area contributed by atoms with E-state index in [1.165, 1.54) is 135 Å². The summed E-state index contributed by atoms with van der Waals surface area (Å²) in [6, 6.07) is 0. The van der Waals surface area contributed by atoms with Gasteiger partial charge < -0.3 is 33.8 Å². The van der Waals surface area contributed by atoms with Crippen LogP contribution in [0.2, 0.25) is 0 Å². The highest BCUT2D eigenvalue weighted by Crippen LogP contribution is 2.45. The normalized spacial score (nSPS) is 14.3. The van der Waals surface area contributed by atoms with Crippen LogP contribution in [0.4, 0.5) is 0 Å². The molecule has 0 aromatic heterocycles. The van der Waals surface area contributed by atoms with Crippen LogP contribution >= 0.6 is 15.6 Å². The van der Waals surface area contributed by atoms with Crippen molar-refractivity contribution >= 4 is 39.5 Å². The van der Waals surface area contributed by atoms with Gasteiger partial charge in [0.15, 0.2) is 12.2 Å². The van der Waals surface area contributed by atoms with Crippen LogP contribution in [0.3, 0.4) is 0 Å². The number of aliphatic hydroxyl groups excluding tert-OH is 1. The first-order valence-electron chi connectivity index (χ1n) is 36.0. The lowest BCUT2D eigenvalue weighted by atomic mass is 10.0. The average Bonchev–Trinajstić information content (AvgIpc) is 3.58. The van der Waals surface area contributed by atoms with E-state index in [0.29, 0.717) is 25.7 Å². The molecule has 5 atom stereocenters. The van der Waals surface area contributed by atoms with E-state index in [1.807, 2.05) is 0 Å².